The highest BCUT2D eigenvalue weighted by molar-refractivity contribution is 8.00. The molecule has 0 saturated carbocycles. The predicted molar refractivity (Wildman–Crippen MR) is 86.4 cm³/mol. The molecule has 4 nitrogen and oxygen atoms in total. The van der Waals surface area contributed by atoms with E-state index in [1.807, 2.05) is 17.8 Å². The number of rotatable bonds is 4. The van der Waals surface area contributed by atoms with Gasteiger partial charge < -0.3 is 0 Å². The molecule has 0 bridgehead atoms. The van der Waals surface area contributed by atoms with Crippen molar-refractivity contribution in [2.45, 2.75) is 24.9 Å². The number of hydrogen-bond acceptors (Lipinski definition) is 4. The summed E-state index contributed by atoms with van der Waals surface area (Å²) >= 11 is 1.85. The van der Waals surface area contributed by atoms with E-state index in [2.05, 4.69) is 13.8 Å². The van der Waals surface area contributed by atoms with Gasteiger partial charge in [0.25, 0.3) is 0 Å². The first-order valence-corrected chi connectivity index (χ1v) is 9.66. The monoisotopic (exact) mass is 324 g/mol. The summed E-state index contributed by atoms with van der Waals surface area (Å²) in [7, 11) is -3.32. The lowest BCUT2D eigenvalue weighted by molar-refractivity contribution is 0.391. The molecule has 1 fully saturated rings. The van der Waals surface area contributed by atoms with Crippen molar-refractivity contribution in [1.82, 2.24) is 4.31 Å². The fourth-order valence-electron chi connectivity index (χ4n) is 2.34. The molecule has 0 radical (unpaired) electrons. The Morgan fingerprint density at radius 1 is 1.48 bits per heavy atom. The lowest BCUT2D eigenvalue weighted by atomic mass is 10.1. The van der Waals surface area contributed by atoms with Gasteiger partial charge in [0.2, 0.25) is 10.0 Å². The maximum atomic E-state index is 12.6. The van der Waals surface area contributed by atoms with E-state index < -0.39 is 10.0 Å². The predicted octanol–water partition coefficient (Wildman–Crippen LogP) is 2.46. The van der Waals surface area contributed by atoms with E-state index in [0.29, 0.717) is 35.4 Å². The molecule has 1 unspecified atom stereocenters. The SMILES string of the molecule is CC(C)C1CN(S(=O)(=O)Cc2cccc(C#N)c2)CCS1. The molecule has 0 spiro atoms. The molecule has 1 aliphatic rings. The molecular weight excluding hydrogens is 304 g/mol. The summed E-state index contributed by atoms with van der Waals surface area (Å²) in [5, 5.41) is 9.25. The van der Waals surface area contributed by atoms with Crippen molar-refractivity contribution in [2.24, 2.45) is 5.92 Å². The number of nitrogens with zero attached hydrogens (tertiary/aromatic N) is 2. The van der Waals surface area contributed by atoms with Gasteiger partial charge in [-0.2, -0.15) is 21.3 Å². The summed E-state index contributed by atoms with van der Waals surface area (Å²) in [4.78, 5) is 0. The van der Waals surface area contributed by atoms with Gasteiger partial charge >= 0.3 is 0 Å². The van der Waals surface area contributed by atoms with Gasteiger partial charge in [0.05, 0.1) is 17.4 Å². The van der Waals surface area contributed by atoms with E-state index in [4.69, 9.17) is 5.26 Å². The lowest BCUT2D eigenvalue weighted by Gasteiger charge is -2.33. The van der Waals surface area contributed by atoms with Gasteiger partial charge in [-0.3, -0.25) is 0 Å². The van der Waals surface area contributed by atoms with Crippen LogP contribution in [0.1, 0.15) is 25.0 Å². The highest BCUT2D eigenvalue weighted by atomic mass is 32.2. The second kappa shape index (κ2) is 6.82. The van der Waals surface area contributed by atoms with Gasteiger partial charge in [-0.05, 0) is 23.6 Å². The minimum absolute atomic E-state index is 0.0298. The Morgan fingerprint density at radius 2 is 2.24 bits per heavy atom. The summed E-state index contributed by atoms with van der Waals surface area (Å²) < 4.78 is 26.7. The Hall–Kier alpha value is -1.03. The van der Waals surface area contributed by atoms with Crippen molar-refractivity contribution >= 4 is 21.8 Å². The Bertz CT molecular complexity index is 635. The van der Waals surface area contributed by atoms with E-state index in [0.717, 1.165) is 5.75 Å². The normalized spacial score (nSPS) is 20.4. The van der Waals surface area contributed by atoms with Crippen LogP contribution in [-0.2, 0) is 15.8 Å². The lowest BCUT2D eigenvalue weighted by Crippen LogP contribution is -2.43. The second-order valence-corrected chi connectivity index (χ2v) is 8.90. The van der Waals surface area contributed by atoms with Crippen LogP contribution in [0.15, 0.2) is 24.3 Å². The van der Waals surface area contributed by atoms with Gasteiger partial charge in [0.15, 0.2) is 0 Å². The Balaban J connectivity index is 2.12. The zero-order valence-electron chi connectivity index (χ0n) is 12.3. The van der Waals surface area contributed by atoms with Crippen LogP contribution in [0.25, 0.3) is 0 Å². The number of hydrogen-bond donors (Lipinski definition) is 0. The smallest absolute Gasteiger partial charge is 0.212 e. The quantitative estimate of drug-likeness (QED) is 0.853. The van der Waals surface area contributed by atoms with Crippen molar-refractivity contribution < 1.29 is 8.42 Å². The van der Waals surface area contributed by atoms with Gasteiger partial charge in [0, 0.05) is 24.1 Å². The van der Waals surface area contributed by atoms with Gasteiger partial charge in [-0.25, -0.2) is 8.42 Å². The summed E-state index contributed by atoms with van der Waals surface area (Å²) in [6, 6.07) is 8.86. The Labute approximate surface area is 131 Å². The van der Waals surface area contributed by atoms with Crippen LogP contribution in [0.5, 0.6) is 0 Å². The molecule has 1 saturated heterocycles. The highest BCUT2D eigenvalue weighted by Gasteiger charge is 2.30. The molecule has 2 rings (SSSR count). The summed E-state index contributed by atoms with van der Waals surface area (Å²) in [5.74, 6) is 1.29. The first kappa shape index (κ1) is 16.3. The topological polar surface area (TPSA) is 61.2 Å². The third-order valence-electron chi connectivity index (χ3n) is 3.60. The molecule has 1 atom stereocenters. The fourth-order valence-corrected chi connectivity index (χ4v) is 5.39. The van der Waals surface area contributed by atoms with Crippen molar-refractivity contribution in [2.75, 3.05) is 18.8 Å². The molecule has 0 aromatic heterocycles. The Morgan fingerprint density at radius 3 is 2.90 bits per heavy atom. The van der Waals surface area contributed by atoms with Gasteiger partial charge in [0.1, 0.15) is 0 Å². The molecule has 1 heterocycles. The van der Waals surface area contributed by atoms with Gasteiger partial charge in [-0.15, -0.1) is 0 Å². The molecule has 0 aliphatic carbocycles. The van der Waals surface area contributed by atoms with Crippen LogP contribution in [0.3, 0.4) is 0 Å². The van der Waals surface area contributed by atoms with Crippen LogP contribution in [0, 0.1) is 17.2 Å². The molecular formula is C15H20N2O2S2. The third-order valence-corrected chi connectivity index (χ3v) is 6.95. The fraction of sp³-hybridized carbons (Fsp3) is 0.533. The van der Waals surface area contributed by atoms with E-state index in [1.165, 1.54) is 0 Å². The first-order valence-electron chi connectivity index (χ1n) is 7.01. The van der Waals surface area contributed by atoms with Crippen LogP contribution in [0.2, 0.25) is 0 Å². The first-order chi connectivity index (χ1) is 9.92. The van der Waals surface area contributed by atoms with Crippen molar-refractivity contribution in [3.63, 3.8) is 0 Å². The molecule has 6 heteroatoms. The molecule has 0 amide bonds. The molecule has 21 heavy (non-hydrogen) atoms. The second-order valence-electron chi connectivity index (χ2n) is 5.58. The van der Waals surface area contributed by atoms with Crippen LogP contribution in [-0.4, -0.2) is 36.8 Å². The maximum Gasteiger partial charge on any atom is 0.218 e. The van der Waals surface area contributed by atoms with Crippen molar-refractivity contribution in [3.8, 4) is 6.07 Å². The minimum atomic E-state index is -3.32. The minimum Gasteiger partial charge on any atom is -0.212 e. The number of thioether (sulfide) groups is 1. The number of benzene rings is 1. The summed E-state index contributed by atoms with van der Waals surface area (Å²) in [6.45, 7) is 5.42. The third kappa shape index (κ3) is 4.22. The zero-order valence-corrected chi connectivity index (χ0v) is 14.0. The van der Waals surface area contributed by atoms with Crippen molar-refractivity contribution in [3.05, 3.63) is 35.4 Å². The maximum absolute atomic E-state index is 12.6. The Kier molecular flexibility index (Phi) is 5.31. The zero-order chi connectivity index (χ0) is 15.5. The highest BCUT2D eigenvalue weighted by Crippen LogP contribution is 2.27. The van der Waals surface area contributed by atoms with Crippen LogP contribution >= 0.6 is 11.8 Å². The van der Waals surface area contributed by atoms with E-state index in [9.17, 15) is 8.42 Å². The molecule has 114 valence electrons. The van der Waals surface area contributed by atoms with E-state index in [1.54, 1.807) is 28.6 Å². The van der Waals surface area contributed by atoms with E-state index in [-0.39, 0.29) is 5.75 Å². The summed E-state index contributed by atoms with van der Waals surface area (Å²) in [6.07, 6.45) is 0. The number of nitriles is 1. The van der Waals surface area contributed by atoms with Crippen LogP contribution < -0.4 is 0 Å². The largest absolute Gasteiger partial charge is 0.218 e. The van der Waals surface area contributed by atoms with E-state index >= 15 is 0 Å². The molecule has 1 aromatic rings. The molecule has 1 aliphatic heterocycles. The van der Waals surface area contributed by atoms with Crippen LogP contribution in [0.4, 0.5) is 0 Å². The number of sulfonamides is 1. The molecule has 1 aromatic carbocycles. The average molecular weight is 324 g/mol. The van der Waals surface area contributed by atoms with Gasteiger partial charge in [-0.1, -0.05) is 26.0 Å². The van der Waals surface area contributed by atoms with Crippen molar-refractivity contribution in [1.29, 1.82) is 5.26 Å². The summed E-state index contributed by atoms with van der Waals surface area (Å²) in [5.41, 5.74) is 1.17. The standard InChI is InChI=1S/C15H20N2O2S2/c1-12(2)15-10-17(6-7-20-15)21(18,19)11-14-5-3-4-13(8-14)9-16/h3-5,8,12,15H,6-7,10-11H2,1-2H3. The molecule has 0 N–H and O–H groups in total. The average Bonchev–Trinajstić information content (AvgIpc) is 2.47.